The average Bonchev–Trinajstić information content (AvgIpc) is 3.30. The van der Waals surface area contributed by atoms with Crippen molar-refractivity contribution in [1.29, 1.82) is 0 Å². The first kappa shape index (κ1) is 17.5. The van der Waals surface area contributed by atoms with Crippen LogP contribution in [-0.4, -0.2) is 26.9 Å². The Morgan fingerprint density at radius 2 is 1.89 bits per heavy atom. The fourth-order valence-corrected chi connectivity index (χ4v) is 3.35. The zero-order valence-corrected chi connectivity index (χ0v) is 15.0. The van der Waals surface area contributed by atoms with Gasteiger partial charge in [0.05, 0.1) is 23.9 Å². The molecule has 0 amide bonds. The van der Waals surface area contributed by atoms with Gasteiger partial charge in [-0.15, -0.1) is 10.2 Å². The quantitative estimate of drug-likeness (QED) is 0.443. The van der Waals surface area contributed by atoms with E-state index in [1.54, 1.807) is 55.6 Å². The van der Waals surface area contributed by atoms with Gasteiger partial charge < -0.3 is 9.15 Å². The Morgan fingerprint density at radius 1 is 1.11 bits per heavy atom. The number of alkyl halides is 2. The zero-order valence-electron chi connectivity index (χ0n) is 14.2. The third-order valence-corrected chi connectivity index (χ3v) is 4.75. The van der Waals surface area contributed by atoms with E-state index in [1.807, 2.05) is 0 Å². The average molecular weight is 388 g/mol. The predicted molar refractivity (Wildman–Crippen MR) is 96.8 cm³/mol. The molecular weight excluding hydrogens is 374 g/mol. The highest BCUT2D eigenvalue weighted by Crippen LogP contribution is 2.29. The molecule has 9 heteroatoms. The Balaban J connectivity index is 1.53. The second-order valence-corrected chi connectivity index (χ2v) is 6.48. The van der Waals surface area contributed by atoms with E-state index in [1.165, 1.54) is 0 Å². The van der Waals surface area contributed by atoms with Crippen molar-refractivity contribution in [2.24, 2.45) is 0 Å². The van der Waals surface area contributed by atoms with Gasteiger partial charge >= 0.3 is 6.55 Å². The van der Waals surface area contributed by atoms with Gasteiger partial charge in [-0.2, -0.15) is 8.78 Å². The minimum atomic E-state index is -2.68. The molecule has 0 saturated heterocycles. The summed E-state index contributed by atoms with van der Waals surface area (Å²) in [6.07, 6.45) is 0. The van der Waals surface area contributed by atoms with Gasteiger partial charge in [-0.25, -0.2) is 4.98 Å². The molecule has 27 heavy (non-hydrogen) atoms. The lowest BCUT2D eigenvalue weighted by Gasteiger charge is -2.06. The number of fused-ring (bicyclic) bond motifs is 1. The summed E-state index contributed by atoms with van der Waals surface area (Å²) in [6.45, 7) is -2.68. The molecule has 0 atom stereocenters. The number of aromatic nitrogens is 4. The van der Waals surface area contributed by atoms with Crippen LogP contribution in [0.25, 0.3) is 22.5 Å². The van der Waals surface area contributed by atoms with Crippen LogP contribution in [0.4, 0.5) is 8.78 Å². The number of ether oxygens (including phenoxy) is 1. The molecular formula is C18H14F2N4O2S. The van der Waals surface area contributed by atoms with Gasteiger partial charge in [0.15, 0.2) is 0 Å². The van der Waals surface area contributed by atoms with Crippen molar-refractivity contribution in [2.75, 3.05) is 7.11 Å². The summed E-state index contributed by atoms with van der Waals surface area (Å²) < 4.78 is 38.6. The Morgan fingerprint density at radius 3 is 2.63 bits per heavy atom. The van der Waals surface area contributed by atoms with Crippen molar-refractivity contribution >= 4 is 22.8 Å². The van der Waals surface area contributed by atoms with Gasteiger partial charge in [0.25, 0.3) is 5.22 Å². The van der Waals surface area contributed by atoms with Crippen LogP contribution in [-0.2, 0) is 5.75 Å². The summed E-state index contributed by atoms with van der Waals surface area (Å²) in [5.41, 5.74) is 1.67. The molecule has 0 aliphatic heterocycles. The van der Waals surface area contributed by atoms with Crippen LogP contribution in [0.15, 0.2) is 58.2 Å². The van der Waals surface area contributed by atoms with E-state index in [0.717, 1.165) is 27.6 Å². The summed E-state index contributed by atoms with van der Waals surface area (Å²) in [7, 11) is 1.59. The third kappa shape index (κ3) is 3.50. The van der Waals surface area contributed by atoms with Crippen LogP contribution in [0, 0.1) is 0 Å². The second kappa shape index (κ2) is 7.36. The van der Waals surface area contributed by atoms with E-state index in [-0.39, 0.29) is 16.8 Å². The van der Waals surface area contributed by atoms with Gasteiger partial charge in [0.1, 0.15) is 11.6 Å². The van der Waals surface area contributed by atoms with Crippen LogP contribution in [0.5, 0.6) is 5.75 Å². The number of imidazole rings is 1. The highest BCUT2D eigenvalue weighted by Gasteiger charge is 2.18. The number of hydrogen-bond donors (Lipinski definition) is 0. The number of para-hydroxylation sites is 2. The lowest BCUT2D eigenvalue weighted by molar-refractivity contribution is 0.0722. The van der Waals surface area contributed by atoms with E-state index in [9.17, 15) is 8.78 Å². The van der Waals surface area contributed by atoms with E-state index in [0.29, 0.717) is 16.9 Å². The topological polar surface area (TPSA) is 66.0 Å². The largest absolute Gasteiger partial charge is 0.497 e. The van der Waals surface area contributed by atoms with Crippen LogP contribution in [0.3, 0.4) is 0 Å². The minimum Gasteiger partial charge on any atom is -0.497 e. The number of rotatable bonds is 6. The number of hydrogen-bond acceptors (Lipinski definition) is 6. The maximum absolute atomic E-state index is 13.5. The summed E-state index contributed by atoms with van der Waals surface area (Å²) in [5.74, 6) is 1.50. The van der Waals surface area contributed by atoms with Gasteiger partial charge in [0.2, 0.25) is 5.89 Å². The van der Waals surface area contributed by atoms with Crippen molar-refractivity contribution in [2.45, 2.75) is 17.5 Å². The zero-order chi connectivity index (χ0) is 18.8. The van der Waals surface area contributed by atoms with Crippen molar-refractivity contribution in [3.8, 4) is 17.2 Å². The molecule has 0 spiro atoms. The lowest BCUT2D eigenvalue weighted by atomic mass is 10.2. The second-order valence-electron chi connectivity index (χ2n) is 5.55. The first-order valence-corrected chi connectivity index (χ1v) is 8.99. The van der Waals surface area contributed by atoms with Crippen molar-refractivity contribution in [3.63, 3.8) is 0 Å². The fraction of sp³-hybridized carbons (Fsp3) is 0.167. The SMILES string of the molecule is COc1ccc(-c2nnc(SCc3nc4ccccc4n3C(F)F)o2)cc1. The molecule has 0 aliphatic carbocycles. The van der Waals surface area contributed by atoms with E-state index in [4.69, 9.17) is 9.15 Å². The number of halogens is 2. The molecule has 138 valence electrons. The van der Waals surface area contributed by atoms with Crippen molar-refractivity contribution in [1.82, 2.24) is 19.7 Å². The molecule has 2 aromatic carbocycles. The van der Waals surface area contributed by atoms with Crippen LogP contribution >= 0.6 is 11.8 Å². The molecule has 2 heterocycles. The van der Waals surface area contributed by atoms with E-state index in [2.05, 4.69) is 15.2 Å². The molecule has 4 aromatic rings. The maximum atomic E-state index is 13.5. The highest BCUT2D eigenvalue weighted by molar-refractivity contribution is 7.98. The molecule has 0 aliphatic rings. The first-order valence-electron chi connectivity index (χ1n) is 8.00. The highest BCUT2D eigenvalue weighted by atomic mass is 32.2. The van der Waals surface area contributed by atoms with Crippen molar-refractivity contribution < 1.29 is 17.9 Å². The summed E-state index contributed by atoms with van der Waals surface area (Å²) in [4.78, 5) is 4.29. The van der Waals surface area contributed by atoms with E-state index < -0.39 is 6.55 Å². The van der Waals surface area contributed by atoms with Crippen LogP contribution in [0.1, 0.15) is 12.4 Å². The Bertz CT molecular complexity index is 1060. The minimum absolute atomic E-state index is 0.184. The maximum Gasteiger partial charge on any atom is 0.320 e. The number of methoxy groups -OCH3 is 1. The molecule has 6 nitrogen and oxygen atoms in total. The number of nitrogens with zero attached hydrogens (tertiary/aromatic N) is 4. The summed E-state index contributed by atoms with van der Waals surface area (Å²) in [6, 6.07) is 14.0. The Kier molecular flexibility index (Phi) is 4.76. The molecule has 2 aromatic heterocycles. The summed E-state index contributed by atoms with van der Waals surface area (Å²) >= 11 is 1.16. The fourth-order valence-electron chi connectivity index (χ4n) is 2.66. The van der Waals surface area contributed by atoms with Gasteiger partial charge in [-0.3, -0.25) is 4.57 Å². The molecule has 0 N–H and O–H groups in total. The normalized spacial score (nSPS) is 11.4. The van der Waals surface area contributed by atoms with Gasteiger partial charge in [0, 0.05) is 5.56 Å². The summed E-state index contributed by atoms with van der Waals surface area (Å²) in [5, 5.41) is 8.26. The standard InChI is InChI=1S/C18H14F2N4O2S/c1-25-12-8-6-11(7-9-12)16-22-23-18(26-16)27-10-15-21-13-4-2-3-5-14(13)24(15)17(19)20/h2-9,17H,10H2,1H3. The molecule has 0 unspecified atom stereocenters. The van der Waals surface area contributed by atoms with Crippen LogP contribution in [0.2, 0.25) is 0 Å². The number of thioether (sulfide) groups is 1. The number of benzene rings is 2. The molecule has 0 fully saturated rings. The first-order chi connectivity index (χ1) is 13.2. The Labute approximate surface area is 157 Å². The monoisotopic (exact) mass is 388 g/mol. The third-order valence-electron chi connectivity index (χ3n) is 3.93. The molecule has 4 rings (SSSR count). The van der Waals surface area contributed by atoms with Gasteiger partial charge in [-0.05, 0) is 36.4 Å². The lowest BCUT2D eigenvalue weighted by Crippen LogP contribution is -2.03. The molecule has 0 saturated carbocycles. The molecule has 0 bridgehead atoms. The smallest absolute Gasteiger partial charge is 0.320 e. The predicted octanol–water partition coefficient (Wildman–Crippen LogP) is 4.78. The van der Waals surface area contributed by atoms with Crippen molar-refractivity contribution in [3.05, 3.63) is 54.4 Å². The molecule has 0 radical (unpaired) electrons. The Hall–Kier alpha value is -2.94. The van der Waals surface area contributed by atoms with Crippen LogP contribution < -0.4 is 4.74 Å². The van der Waals surface area contributed by atoms with E-state index >= 15 is 0 Å². The van der Waals surface area contributed by atoms with Gasteiger partial charge in [-0.1, -0.05) is 23.9 Å².